The summed E-state index contributed by atoms with van der Waals surface area (Å²) in [5.41, 5.74) is 1.55. The van der Waals surface area contributed by atoms with Gasteiger partial charge in [0.1, 0.15) is 5.01 Å². The molecule has 0 saturated carbocycles. The maximum atomic E-state index is 12.3. The Hall–Kier alpha value is -2.36. The number of hydrogen-bond donors (Lipinski definition) is 0. The number of thiazole rings is 2. The van der Waals surface area contributed by atoms with Crippen LogP contribution >= 0.6 is 22.7 Å². The zero-order chi connectivity index (χ0) is 15.5. The molecule has 0 aliphatic heterocycles. The summed E-state index contributed by atoms with van der Waals surface area (Å²) in [4.78, 5) is 20.9. The Bertz CT molecular complexity index is 868. The van der Waals surface area contributed by atoms with E-state index in [0.29, 0.717) is 5.01 Å². The van der Waals surface area contributed by atoms with Crippen LogP contribution in [0.2, 0.25) is 0 Å². The molecular formula is C16H11N3OS2. The lowest BCUT2D eigenvalue weighted by Crippen LogP contribution is -2.07. The number of carbonyl (C=O) groups is 1. The second kappa shape index (κ2) is 6.18. The van der Waals surface area contributed by atoms with Gasteiger partial charge in [-0.25, -0.2) is 9.97 Å². The van der Waals surface area contributed by atoms with E-state index in [-0.39, 0.29) is 5.78 Å². The molecule has 0 spiro atoms. The van der Waals surface area contributed by atoms with E-state index < -0.39 is 5.92 Å². The van der Waals surface area contributed by atoms with Gasteiger partial charge in [0.25, 0.3) is 0 Å². The predicted molar refractivity (Wildman–Crippen MR) is 88.9 cm³/mol. The standard InChI is InChI=1S/C16H11N3OS2/c1-10-18-11(9-21-10)6-7-14(20)12(8-17)16-19-13-4-2-3-5-15(13)22-16/h2-7,9,12H,1H3/b7-6+/t12-/m0/s1. The number of benzene rings is 1. The fraction of sp³-hybridized carbons (Fsp3) is 0.125. The van der Waals surface area contributed by atoms with Gasteiger partial charge < -0.3 is 0 Å². The van der Waals surface area contributed by atoms with Crippen molar-refractivity contribution in [3.63, 3.8) is 0 Å². The van der Waals surface area contributed by atoms with E-state index in [4.69, 9.17) is 0 Å². The zero-order valence-corrected chi connectivity index (χ0v) is 13.3. The Morgan fingerprint density at radius 2 is 2.18 bits per heavy atom. The molecule has 1 aromatic carbocycles. The number of allylic oxidation sites excluding steroid dienone is 1. The van der Waals surface area contributed by atoms with Gasteiger partial charge in [0.15, 0.2) is 11.7 Å². The molecule has 0 bridgehead atoms. The Morgan fingerprint density at radius 1 is 1.36 bits per heavy atom. The van der Waals surface area contributed by atoms with Crippen molar-refractivity contribution in [2.24, 2.45) is 0 Å². The van der Waals surface area contributed by atoms with Gasteiger partial charge in [-0.2, -0.15) is 5.26 Å². The first-order valence-corrected chi connectivity index (χ1v) is 8.26. The van der Waals surface area contributed by atoms with Crippen LogP contribution in [0.3, 0.4) is 0 Å². The van der Waals surface area contributed by atoms with Crippen LogP contribution in [0.25, 0.3) is 16.3 Å². The number of hydrogen-bond acceptors (Lipinski definition) is 6. The normalized spacial score (nSPS) is 12.5. The van der Waals surface area contributed by atoms with Gasteiger partial charge in [0, 0.05) is 5.38 Å². The molecular weight excluding hydrogens is 314 g/mol. The molecule has 3 aromatic rings. The Kier molecular flexibility index (Phi) is 4.09. The van der Waals surface area contributed by atoms with E-state index >= 15 is 0 Å². The maximum absolute atomic E-state index is 12.3. The Balaban J connectivity index is 1.85. The van der Waals surface area contributed by atoms with Crippen LogP contribution in [0.1, 0.15) is 21.6 Å². The monoisotopic (exact) mass is 325 g/mol. The number of rotatable bonds is 4. The lowest BCUT2D eigenvalue weighted by Gasteiger charge is -1.99. The van der Waals surface area contributed by atoms with Crippen molar-refractivity contribution in [1.29, 1.82) is 5.26 Å². The summed E-state index contributed by atoms with van der Waals surface area (Å²) in [7, 11) is 0. The van der Waals surface area contributed by atoms with Crippen molar-refractivity contribution in [2.45, 2.75) is 12.8 Å². The summed E-state index contributed by atoms with van der Waals surface area (Å²) in [6, 6.07) is 9.66. The first kappa shape index (κ1) is 14.6. The third kappa shape index (κ3) is 2.96. The number of aromatic nitrogens is 2. The number of ketones is 1. The number of nitrogens with zero attached hydrogens (tertiary/aromatic N) is 3. The SMILES string of the molecule is Cc1nc(/C=C/C(=O)[C@H](C#N)c2nc3ccccc3s2)cs1. The number of fused-ring (bicyclic) bond motifs is 1. The van der Waals surface area contributed by atoms with Gasteiger partial charge in [0.05, 0.1) is 27.0 Å². The second-order valence-electron chi connectivity index (χ2n) is 4.61. The van der Waals surface area contributed by atoms with E-state index in [2.05, 4.69) is 9.97 Å². The van der Waals surface area contributed by atoms with Crippen LogP contribution in [0, 0.1) is 18.3 Å². The highest BCUT2D eigenvalue weighted by Crippen LogP contribution is 2.28. The summed E-state index contributed by atoms with van der Waals surface area (Å²) >= 11 is 2.90. The summed E-state index contributed by atoms with van der Waals surface area (Å²) in [6.07, 6.45) is 3.05. The predicted octanol–water partition coefficient (Wildman–Crippen LogP) is 3.95. The van der Waals surface area contributed by atoms with Crippen molar-refractivity contribution in [2.75, 3.05) is 0 Å². The average molecular weight is 325 g/mol. The van der Waals surface area contributed by atoms with Gasteiger partial charge in [-0.15, -0.1) is 22.7 Å². The number of nitriles is 1. The zero-order valence-electron chi connectivity index (χ0n) is 11.7. The van der Waals surface area contributed by atoms with Crippen molar-refractivity contribution < 1.29 is 4.79 Å². The van der Waals surface area contributed by atoms with Crippen LogP contribution in [0.4, 0.5) is 0 Å². The molecule has 0 aliphatic carbocycles. The van der Waals surface area contributed by atoms with Crippen molar-refractivity contribution >= 4 is 44.7 Å². The van der Waals surface area contributed by atoms with Crippen LogP contribution in [0.5, 0.6) is 0 Å². The fourth-order valence-electron chi connectivity index (χ4n) is 1.97. The molecule has 0 amide bonds. The minimum atomic E-state index is -0.867. The average Bonchev–Trinajstić information content (AvgIpc) is 3.11. The molecule has 2 heterocycles. The van der Waals surface area contributed by atoms with Gasteiger partial charge >= 0.3 is 0 Å². The summed E-state index contributed by atoms with van der Waals surface area (Å²) < 4.78 is 0.977. The van der Waals surface area contributed by atoms with E-state index in [1.807, 2.05) is 42.6 Å². The third-order valence-electron chi connectivity index (χ3n) is 3.03. The molecule has 108 valence electrons. The summed E-state index contributed by atoms with van der Waals surface area (Å²) in [6.45, 7) is 1.91. The molecule has 4 nitrogen and oxygen atoms in total. The minimum absolute atomic E-state index is 0.271. The minimum Gasteiger partial charge on any atom is -0.293 e. The number of aryl methyl sites for hydroxylation is 1. The maximum Gasteiger partial charge on any atom is 0.179 e. The van der Waals surface area contributed by atoms with Crippen molar-refractivity contribution in [1.82, 2.24) is 9.97 Å². The summed E-state index contributed by atoms with van der Waals surface area (Å²) in [5, 5.41) is 12.7. The van der Waals surface area contributed by atoms with Crippen LogP contribution < -0.4 is 0 Å². The second-order valence-corrected chi connectivity index (χ2v) is 6.73. The molecule has 0 radical (unpaired) electrons. The van der Waals surface area contributed by atoms with Gasteiger partial charge in [-0.3, -0.25) is 4.79 Å². The molecule has 0 N–H and O–H groups in total. The lowest BCUT2D eigenvalue weighted by atomic mass is 10.1. The largest absolute Gasteiger partial charge is 0.293 e. The highest BCUT2D eigenvalue weighted by molar-refractivity contribution is 7.18. The molecule has 1 atom stereocenters. The quantitative estimate of drug-likeness (QED) is 0.681. The third-order valence-corrected chi connectivity index (χ3v) is 4.92. The summed E-state index contributed by atoms with van der Waals surface area (Å²) in [5.74, 6) is -1.14. The van der Waals surface area contributed by atoms with Crippen molar-refractivity contribution in [3.8, 4) is 6.07 Å². The molecule has 6 heteroatoms. The van der Waals surface area contributed by atoms with Gasteiger partial charge in [0.2, 0.25) is 0 Å². The Labute approximate surface area is 135 Å². The van der Waals surface area contributed by atoms with Crippen LogP contribution in [-0.4, -0.2) is 15.8 Å². The smallest absolute Gasteiger partial charge is 0.179 e. The first-order chi connectivity index (χ1) is 10.7. The molecule has 0 aliphatic rings. The molecule has 0 fully saturated rings. The molecule has 0 unspecified atom stereocenters. The Morgan fingerprint density at radius 3 is 2.86 bits per heavy atom. The first-order valence-electron chi connectivity index (χ1n) is 6.56. The fourth-order valence-corrected chi connectivity index (χ4v) is 3.58. The van der Waals surface area contributed by atoms with Crippen molar-refractivity contribution in [3.05, 3.63) is 51.4 Å². The molecule has 22 heavy (non-hydrogen) atoms. The highest BCUT2D eigenvalue weighted by atomic mass is 32.1. The molecule has 0 saturated heterocycles. The molecule has 3 rings (SSSR count). The number of para-hydroxylation sites is 1. The van der Waals surface area contributed by atoms with E-state index in [1.54, 1.807) is 6.08 Å². The van der Waals surface area contributed by atoms with E-state index in [9.17, 15) is 10.1 Å². The molecule has 2 aromatic heterocycles. The number of carbonyl (C=O) groups excluding carboxylic acids is 1. The van der Waals surface area contributed by atoms with Crippen LogP contribution in [-0.2, 0) is 4.79 Å². The van der Waals surface area contributed by atoms with E-state index in [0.717, 1.165) is 20.9 Å². The van der Waals surface area contributed by atoms with Gasteiger partial charge in [-0.1, -0.05) is 12.1 Å². The topological polar surface area (TPSA) is 66.6 Å². The van der Waals surface area contributed by atoms with E-state index in [1.165, 1.54) is 28.7 Å². The van der Waals surface area contributed by atoms with Gasteiger partial charge in [-0.05, 0) is 31.2 Å². The lowest BCUT2D eigenvalue weighted by molar-refractivity contribution is -0.114. The van der Waals surface area contributed by atoms with Crippen LogP contribution in [0.15, 0.2) is 35.7 Å². The highest BCUT2D eigenvalue weighted by Gasteiger charge is 2.22.